The van der Waals surface area contributed by atoms with Crippen LogP contribution in [0, 0.1) is 0 Å². The van der Waals surface area contributed by atoms with Gasteiger partial charge in [-0.05, 0) is 18.2 Å². The third kappa shape index (κ3) is 1.83. The maximum absolute atomic E-state index is 11.2. The first-order valence-electron chi connectivity index (χ1n) is 4.61. The molecule has 0 N–H and O–H groups in total. The Bertz CT molecular complexity index is 451. The monoisotopic (exact) mass is 217 g/mol. The number of anilines is 1. The Hall–Kier alpha value is -1.48. The zero-order valence-electron chi connectivity index (χ0n) is 8.43. The fourth-order valence-corrected chi connectivity index (χ4v) is 2.52. The molecule has 0 spiro atoms. The molecule has 2 nitrogen and oxygen atoms in total. The molecule has 0 aromatic heterocycles. The van der Waals surface area contributed by atoms with Crippen molar-refractivity contribution in [2.75, 3.05) is 11.9 Å². The predicted molar refractivity (Wildman–Crippen MR) is 64.0 cm³/mol. The molecule has 0 fully saturated rings. The van der Waals surface area contributed by atoms with Gasteiger partial charge in [0, 0.05) is 18.0 Å². The van der Waals surface area contributed by atoms with E-state index >= 15 is 0 Å². The number of carbonyl (C=O) groups excluding carboxylic acids is 1. The van der Waals surface area contributed by atoms with Crippen LogP contribution in [-0.2, 0) is 4.79 Å². The summed E-state index contributed by atoms with van der Waals surface area (Å²) in [5.41, 5.74) is 1.14. The Morgan fingerprint density at radius 2 is 2.20 bits per heavy atom. The minimum absolute atomic E-state index is 0.0582. The van der Waals surface area contributed by atoms with E-state index in [9.17, 15) is 4.79 Å². The molecule has 15 heavy (non-hydrogen) atoms. The molecular formula is C12H11NOS. The summed E-state index contributed by atoms with van der Waals surface area (Å²) in [6.07, 6.45) is 2.93. The molecule has 1 aliphatic heterocycles. The number of fused-ring (bicyclic) bond motifs is 1. The third-order valence-corrected chi connectivity index (χ3v) is 3.40. The van der Waals surface area contributed by atoms with Crippen LogP contribution in [0.2, 0.25) is 0 Å². The van der Waals surface area contributed by atoms with Crippen molar-refractivity contribution < 1.29 is 4.79 Å². The van der Waals surface area contributed by atoms with Gasteiger partial charge in [-0.15, -0.1) is 0 Å². The fraction of sp³-hybridized carbons (Fsp3) is 0.0833. The first-order chi connectivity index (χ1) is 7.22. The van der Waals surface area contributed by atoms with E-state index in [-0.39, 0.29) is 5.78 Å². The van der Waals surface area contributed by atoms with E-state index in [1.165, 1.54) is 11.0 Å². The number of benzene rings is 1. The van der Waals surface area contributed by atoms with Crippen molar-refractivity contribution in [1.82, 2.24) is 0 Å². The first-order valence-corrected chi connectivity index (χ1v) is 5.42. The third-order valence-electron chi connectivity index (χ3n) is 2.24. The van der Waals surface area contributed by atoms with E-state index in [4.69, 9.17) is 0 Å². The highest BCUT2D eigenvalue weighted by Gasteiger charge is 2.21. The van der Waals surface area contributed by atoms with Gasteiger partial charge in [-0.1, -0.05) is 30.5 Å². The van der Waals surface area contributed by atoms with Gasteiger partial charge in [0.15, 0.2) is 5.78 Å². The summed E-state index contributed by atoms with van der Waals surface area (Å²) in [5, 5.41) is 0.945. The number of allylic oxidation sites excluding steroid dienone is 2. The van der Waals surface area contributed by atoms with E-state index in [2.05, 4.69) is 12.6 Å². The molecule has 0 atom stereocenters. The highest BCUT2D eigenvalue weighted by Crippen LogP contribution is 2.44. The highest BCUT2D eigenvalue weighted by atomic mass is 32.2. The summed E-state index contributed by atoms with van der Waals surface area (Å²) in [6, 6.07) is 8.09. The second-order valence-corrected chi connectivity index (χ2v) is 4.28. The van der Waals surface area contributed by atoms with Crippen LogP contribution in [0.3, 0.4) is 0 Å². The van der Waals surface area contributed by atoms with E-state index in [1.54, 1.807) is 17.8 Å². The van der Waals surface area contributed by atoms with E-state index in [0.29, 0.717) is 0 Å². The Morgan fingerprint density at radius 1 is 1.47 bits per heavy atom. The number of ketones is 1. The van der Waals surface area contributed by atoms with Crippen molar-refractivity contribution in [3.8, 4) is 0 Å². The van der Waals surface area contributed by atoms with Crippen LogP contribution in [0.25, 0.3) is 0 Å². The maximum atomic E-state index is 11.2. The van der Waals surface area contributed by atoms with Crippen molar-refractivity contribution in [2.24, 2.45) is 0 Å². The zero-order valence-corrected chi connectivity index (χ0v) is 9.25. The van der Waals surface area contributed by atoms with Crippen LogP contribution in [0.1, 0.15) is 0 Å². The first kappa shape index (κ1) is 10.1. The summed E-state index contributed by atoms with van der Waals surface area (Å²) >= 11 is 1.61. The quantitative estimate of drug-likeness (QED) is 0.710. The van der Waals surface area contributed by atoms with Crippen molar-refractivity contribution in [3.05, 3.63) is 48.0 Å². The normalized spacial score (nSPS) is 16.6. The number of para-hydroxylation sites is 1. The van der Waals surface area contributed by atoms with Crippen LogP contribution in [-0.4, -0.2) is 12.8 Å². The molecule has 0 saturated heterocycles. The molecule has 1 heterocycles. The van der Waals surface area contributed by atoms with Gasteiger partial charge in [0.25, 0.3) is 0 Å². The van der Waals surface area contributed by atoms with Gasteiger partial charge < -0.3 is 4.90 Å². The highest BCUT2D eigenvalue weighted by molar-refractivity contribution is 8.03. The Kier molecular flexibility index (Phi) is 2.64. The van der Waals surface area contributed by atoms with Gasteiger partial charge in [0.1, 0.15) is 0 Å². The molecule has 0 aliphatic carbocycles. The summed E-state index contributed by atoms with van der Waals surface area (Å²) < 4.78 is 0. The minimum atomic E-state index is -0.0582. The summed E-state index contributed by atoms with van der Waals surface area (Å²) in [4.78, 5) is 14.4. The van der Waals surface area contributed by atoms with Gasteiger partial charge >= 0.3 is 0 Å². The Morgan fingerprint density at radius 3 is 2.87 bits per heavy atom. The van der Waals surface area contributed by atoms with Gasteiger partial charge in [-0.2, -0.15) is 0 Å². The number of hydrogen-bond donors (Lipinski definition) is 0. The zero-order chi connectivity index (χ0) is 10.8. The van der Waals surface area contributed by atoms with E-state index < -0.39 is 0 Å². The Labute approximate surface area is 93.3 Å². The second kappa shape index (κ2) is 3.95. The predicted octanol–water partition coefficient (Wildman–Crippen LogP) is 2.83. The number of carbonyl (C=O) groups is 1. The maximum Gasteiger partial charge on any atom is 0.180 e. The molecular weight excluding hydrogens is 206 g/mol. The number of thioether (sulfide) groups is 1. The lowest BCUT2D eigenvalue weighted by Gasteiger charge is -2.12. The summed E-state index contributed by atoms with van der Waals surface area (Å²) in [7, 11) is 1.96. The lowest BCUT2D eigenvalue weighted by Crippen LogP contribution is -2.10. The fourth-order valence-electron chi connectivity index (χ4n) is 1.43. The number of hydrogen-bond acceptors (Lipinski definition) is 3. The molecule has 0 radical (unpaired) electrons. The molecule has 3 heteroatoms. The average molecular weight is 217 g/mol. The van der Waals surface area contributed by atoms with Crippen molar-refractivity contribution in [2.45, 2.75) is 4.90 Å². The van der Waals surface area contributed by atoms with Crippen molar-refractivity contribution in [1.29, 1.82) is 0 Å². The van der Waals surface area contributed by atoms with E-state index in [0.717, 1.165) is 10.7 Å². The van der Waals surface area contributed by atoms with Crippen LogP contribution in [0.15, 0.2) is 52.9 Å². The largest absolute Gasteiger partial charge is 0.338 e. The standard InChI is InChI=1S/C12H11NOS/c1-3-9(14)8-12-13(2)10-6-4-5-7-11(10)15-12/h3-8H,1H2,2H3. The van der Waals surface area contributed by atoms with Crippen LogP contribution >= 0.6 is 11.8 Å². The Balaban J connectivity index is 2.35. The van der Waals surface area contributed by atoms with Gasteiger partial charge in [0.2, 0.25) is 0 Å². The van der Waals surface area contributed by atoms with Gasteiger partial charge in [-0.3, -0.25) is 4.79 Å². The molecule has 1 aromatic carbocycles. The van der Waals surface area contributed by atoms with Gasteiger partial charge in [-0.25, -0.2) is 0 Å². The molecule has 1 aliphatic rings. The molecule has 1 aromatic rings. The van der Waals surface area contributed by atoms with Crippen molar-refractivity contribution >= 4 is 23.2 Å². The molecule has 0 saturated carbocycles. The lowest BCUT2D eigenvalue weighted by atomic mass is 10.3. The van der Waals surface area contributed by atoms with Crippen molar-refractivity contribution in [3.63, 3.8) is 0 Å². The molecule has 0 unspecified atom stereocenters. The number of rotatable bonds is 2. The van der Waals surface area contributed by atoms with Crippen LogP contribution < -0.4 is 4.90 Å². The topological polar surface area (TPSA) is 20.3 Å². The van der Waals surface area contributed by atoms with Gasteiger partial charge in [0.05, 0.1) is 10.7 Å². The molecule has 2 rings (SSSR count). The number of nitrogens with zero attached hydrogens (tertiary/aromatic N) is 1. The summed E-state index contributed by atoms with van der Waals surface area (Å²) in [6.45, 7) is 3.45. The molecule has 0 amide bonds. The second-order valence-electron chi connectivity index (χ2n) is 3.22. The SMILES string of the molecule is C=CC(=O)C=C1Sc2ccccc2N1C. The smallest absolute Gasteiger partial charge is 0.180 e. The average Bonchev–Trinajstić information content (AvgIpc) is 2.57. The molecule has 76 valence electrons. The summed E-state index contributed by atoms with van der Waals surface area (Å²) in [5.74, 6) is -0.0582. The minimum Gasteiger partial charge on any atom is -0.338 e. The van der Waals surface area contributed by atoms with Crippen LogP contribution in [0.4, 0.5) is 5.69 Å². The van der Waals surface area contributed by atoms with E-state index in [1.807, 2.05) is 30.1 Å². The molecule has 0 bridgehead atoms. The lowest BCUT2D eigenvalue weighted by molar-refractivity contribution is -0.110. The van der Waals surface area contributed by atoms with Crippen LogP contribution in [0.5, 0.6) is 0 Å².